The van der Waals surface area contributed by atoms with Gasteiger partial charge in [0.05, 0.1) is 0 Å². The van der Waals surface area contributed by atoms with Gasteiger partial charge in [-0.25, -0.2) is 0 Å². The normalized spacial score (nSPS) is 25.6. The van der Waals surface area contributed by atoms with Crippen LogP contribution in [0.2, 0.25) is 0 Å². The maximum absolute atomic E-state index is 12.2. The number of amides is 1. The minimum absolute atomic E-state index is 0.355. The molecule has 2 heterocycles. The number of thioether (sulfide) groups is 1. The van der Waals surface area contributed by atoms with Gasteiger partial charge >= 0.3 is 0 Å². The zero-order valence-electron chi connectivity index (χ0n) is 10.5. The standard InChI is InChI=1S/C14H19NOS2/c16-14(11-3-1-4-11)15-7-6-13(18-10-8-15)12-5-2-9-17-12/h2,5,9,11,13H,1,3-4,6-8,10H2. The maximum atomic E-state index is 12.2. The van der Waals surface area contributed by atoms with Gasteiger partial charge in [-0.15, -0.1) is 11.3 Å². The third kappa shape index (κ3) is 2.59. The molecule has 2 aliphatic rings. The molecular weight excluding hydrogens is 262 g/mol. The Morgan fingerprint density at radius 2 is 2.17 bits per heavy atom. The Morgan fingerprint density at radius 3 is 2.83 bits per heavy atom. The summed E-state index contributed by atoms with van der Waals surface area (Å²) in [6, 6.07) is 4.36. The minimum Gasteiger partial charge on any atom is -0.342 e. The molecule has 1 amide bonds. The SMILES string of the molecule is O=C(C1CCC1)N1CCSC(c2cccs2)CC1. The van der Waals surface area contributed by atoms with E-state index in [1.807, 2.05) is 23.1 Å². The summed E-state index contributed by atoms with van der Waals surface area (Å²) in [5.74, 6) is 1.86. The van der Waals surface area contributed by atoms with Crippen molar-refractivity contribution < 1.29 is 4.79 Å². The molecule has 1 saturated heterocycles. The summed E-state index contributed by atoms with van der Waals surface area (Å²) >= 11 is 3.86. The number of carbonyl (C=O) groups is 1. The Morgan fingerprint density at radius 1 is 1.28 bits per heavy atom. The van der Waals surface area contributed by atoms with E-state index in [1.54, 1.807) is 0 Å². The first-order valence-corrected chi connectivity index (χ1v) is 8.71. The fourth-order valence-corrected chi connectivity index (χ4v) is 4.84. The van der Waals surface area contributed by atoms with Crippen molar-refractivity contribution in [3.8, 4) is 0 Å². The summed E-state index contributed by atoms with van der Waals surface area (Å²) in [5.41, 5.74) is 0. The van der Waals surface area contributed by atoms with Crippen LogP contribution in [0.4, 0.5) is 0 Å². The van der Waals surface area contributed by atoms with Crippen molar-refractivity contribution in [1.29, 1.82) is 0 Å². The third-order valence-corrected chi connectivity index (χ3v) is 6.41. The number of thiophene rings is 1. The lowest BCUT2D eigenvalue weighted by Crippen LogP contribution is -2.40. The Hall–Kier alpha value is -0.480. The van der Waals surface area contributed by atoms with Gasteiger partial charge in [0.1, 0.15) is 0 Å². The van der Waals surface area contributed by atoms with Crippen LogP contribution in [-0.2, 0) is 4.79 Å². The van der Waals surface area contributed by atoms with Crippen molar-refractivity contribution in [3.63, 3.8) is 0 Å². The molecule has 2 nitrogen and oxygen atoms in total. The van der Waals surface area contributed by atoms with Crippen molar-refractivity contribution in [2.45, 2.75) is 30.9 Å². The van der Waals surface area contributed by atoms with Gasteiger partial charge in [0.15, 0.2) is 0 Å². The van der Waals surface area contributed by atoms with Crippen molar-refractivity contribution in [3.05, 3.63) is 22.4 Å². The molecule has 2 fully saturated rings. The predicted molar refractivity (Wildman–Crippen MR) is 78.1 cm³/mol. The van der Waals surface area contributed by atoms with Crippen LogP contribution in [-0.4, -0.2) is 29.6 Å². The fourth-order valence-electron chi connectivity index (χ4n) is 2.61. The van der Waals surface area contributed by atoms with Crippen LogP contribution in [0.3, 0.4) is 0 Å². The second-order valence-electron chi connectivity index (χ2n) is 5.12. The molecule has 0 spiro atoms. The highest BCUT2D eigenvalue weighted by atomic mass is 32.2. The molecule has 3 rings (SSSR count). The molecule has 4 heteroatoms. The van der Waals surface area contributed by atoms with Gasteiger partial charge in [-0.2, -0.15) is 11.8 Å². The topological polar surface area (TPSA) is 20.3 Å². The predicted octanol–water partition coefficient (Wildman–Crippen LogP) is 3.55. The quantitative estimate of drug-likeness (QED) is 0.826. The third-order valence-electron chi connectivity index (χ3n) is 3.97. The molecule has 18 heavy (non-hydrogen) atoms. The summed E-state index contributed by atoms with van der Waals surface area (Å²) < 4.78 is 0. The van der Waals surface area contributed by atoms with Crippen LogP contribution in [0.5, 0.6) is 0 Å². The van der Waals surface area contributed by atoms with Crippen molar-refractivity contribution in [1.82, 2.24) is 4.90 Å². The molecule has 0 aromatic carbocycles. The Labute approximate surface area is 117 Å². The molecular formula is C14H19NOS2. The summed E-state index contributed by atoms with van der Waals surface area (Å²) in [6.07, 6.45) is 4.61. The molecule has 0 radical (unpaired) electrons. The molecule has 1 aromatic rings. The smallest absolute Gasteiger partial charge is 0.225 e. The van der Waals surface area contributed by atoms with E-state index >= 15 is 0 Å². The molecule has 1 atom stereocenters. The maximum Gasteiger partial charge on any atom is 0.225 e. The van der Waals surface area contributed by atoms with E-state index in [9.17, 15) is 4.79 Å². The van der Waals surface area contributed by atoms with Gasteiger partial charge in [-0.3, -0.25) is 4.79 Å². The highest BCUT2D eigenvalue weighted by molar-refractivity contribution is 7.99. The lowest BCUT2D eigenvalue weighted by atomic mass is 9.84. The van der Waals surface area contributed by atoms with E-state index in [0.29, 0.717) is 17.1 Å². The van der Waals surface area contributed by atoms with Crippen LogP contribution >= 0.6 is 23.1 Å². The van der Waals surface area contributed by atoms with Crippen LogP contribution in [0.15, 0.2) is 17.5 Å². The van der Waals surface area contributed by atoms with Crippen molar-refractivity contribution >= 4 is 29.0 Å². The van der Waals surface area contributed by atoms with Crippen LogP contribution in [0, 0.1) is 5.92 Å². The number of carbonyl (C=O) groups excluding carboxylic acids is 1. The molecule has 1 saturated carbocycles. The van der Waals surface area contributed by atoms with E-state index in [0.717, 1.165) is 38.1 Å². The number of rotatable bonds is 2. The fraction of sp³-hybridized carbons (Fsp3) is 0.643. The molecule has 1 aliphatic heterocycles. The lowest BCUT2D eigenvalue weighted by Gasteiger charge is -2.30. The lowest BCUT2D eigenvalue weighted by molar-refractivity contribution is -0.137. The monoisotopic (exact) mass is 281 g/mol. The van der Waals surface area contributed by atoms with Crippen LogP contribution in [0.1, 0.15) is 35.8 Å². The zero-order valence-corrected chi connectivity index (χ0v) is 12.1. The van der Waals surface area contributed by atoms with E-state index in [2.05, 4.69) is 22.4 Å². The van der Waals surface area contributed by atoms with Crippen LogP contribution < -0.4 is 0 Å². The average molecular weight is 281 g/mol. The number of hydrogen-bond donors (Lipinski definition) is 0. The zero-order chi connectivity index (χ0) is 12.4. The summed E-state index contributed by atoms with van der Waals surface area (Å²) in [7, 11) is 0. The van der Waals surface area contributed by atoms with Crippen molar-refractivity contribution in [2.75, 3.05) is 18.8 Å². The number of nitrogens with zero attached hydrogens (tertiary/aromatic N) is 1. The molecule has 1 aromatic heterocycles. The largest absolute Gasteiger partial charge is 0.342 e. The number of hydrogen-bond acceptors (Lipinski definition) is 3. The van der Waals surface area contributed by atoms with Crippen LogP contribution in [0.25, 0.3) is 0 Å². The van der Waals surface area contributed by atoms with Gasteiger partial charge < -0.3 is 4.90 Å². The molecule has 1 unspecified atom stereocenters. The van der Waals surface area contributed by atoms with Gasteiger partial charge in [0.25, 0.3) is 0 Å². The van der Waals surface area contributed by atoms with E-state index in [4.69, 9.17) is 0 Å². The van der Waals surface area contributed by atoms with E-state index < -0.39 is 0 Å². The summed E-state index contributed by atoms with van der Waals surface area (Å²) in [4.78, 5) is 15.8. The van der Waals surface area contributed by atoms with E-state index in [-0.39, 0.29) is 0 Å². The molecule has 0 bridgehead atoms. The average Bonchev–Trinajstić information content (AvgIpc) is 2.71. The molecule has 98 valence electrons. The van der Waals surface area contributed by atoms with Gasteiger partial charge in [-0.1, -0.05) is 12.5 Å². The van der Waals surface area contributed by atoms with Crippen molar-refractivity contribution in [2.24, 2.45) is 5.92 Å². The molecule has 1 aliphatic carbocycles. The first-order chi connectivity index (χ1) is 8.84. The Bertz CT molecular complexity index is 400. The van der Waals surface area contributed by atoms with E-state index in [1.165, 1.54) is 11.3 Å². The first kappa shape index (κ1) is 12.5. The molecule has 0 N–H and O–H groups in total. The van der Waals surface area contributed by atoms with Gasteiger partial charge in [0.2, 0.25) is 5.91 Å². The highest BCUT2D eigenvalue weighted by Gasteiger charge is 2.31. The van der Waals surface area contributed by atoms with Gasteiger partial charge in [-0.05, 0) is 30.7 Å². The second-order valence-corrected chi connectivity index (χ2v) is 7.41. The Balaban J connectivity index is 1.59. The highest BCUT2D eigenvalue weighted by Crippen LogP contribution is 2.37. The minimum atomic E-state index is 0.355. The van der Waals surface area contributed by atoms with Gasteiger partial charge in [0, 0.05) is 34.9 Å². The summed E-state index contributed by atoms with van der Waals surface area (Å²) in [5, 5.41) is 2.75. The second kappa shape index (κ2) is 5.66. The summed E-state index contributed by atoms with van der Waals surface area (Å²) in [6.45, 7) is 1.90. The Kier molecular flexibility index (Phi) is 3.94. The first-order valence-electron chi connectivity index (χ1n) is 6.78.